The number of hydrogen-bond acceptors (Lipinski definition) is 2. The highest BCUT2D eigenvalue weighted by Crippen LogP contribution is 2.12. The molecule has 1 rings (SSSR count). The van der Waals surface area contributed by atoms with Gasteiger partial charge in [-0.2, -0.15) is 5.10 Å². The van der Waals surface area contributed by atoms with Crippen LogP contribution in [0.5, 0.6) is 0 Å². The number of halogens is 2. The van der Waals surface area contributed by atoms with Gasteiger partial charge in [-0.25, -0.2) is 8.78 Å². The zero-order valence-electron chi connectivity index (χ0n) is 11.0. The number of hydrogen-bond donors (Lipinski definition) is 2. The van der Waals surface area contributed by atoms with Crippen LogP contribution < -0.4 is 10.7 Å². The number of rotatable bonds is 5. The molecule has 1 aromatic carbocycles. The first-order valence-electron chi connectivity index (χ1n) is 6.08. The summed E-state index contributed by atoms with van der Waals surface area (Å²) in [5, 5.41) is 7.16. The minimum absolute atomic E-state index is 0.147. The third kappa shape index (κ3) is 4.90. The molecule has 0 unspecified atom stereocenters. The lowest BCUT2D eigenvalue weighted by atomic mass is 10.1. The minimum atomic E-state index is -0.645. The maximum Gasteiger partial charge on any atom is 0.186 e. The molecule has 0 saturated heterocycles. The van der Waals surface area contributed by atoms with Crippen LogP contribution in [0.4, 0.5) is 8.78 Å². The Bertz CT molecular complexity index is 455. The van der Waals surface area contributed by atoms with Crippen LogP contribution in [0.2, 0.25) is 0 Å². The van der Waals surface area contributed by atoms with Gasteiger partial charge in [-0.05, 0) is 37.7 Å². The van der Waals surface area contributed by atoms with E-state index in [0.29, 0.717) is 5.11 Å². The SMILES string of the molecule is CCCCNC(=S)N/N=C(/C)c1c(F)cccc1F. The second-order valence-corrected chi connectivity index (χ2v) is 4.42. The van der Waals surface area contributed by atoms with Crippen molar-refractivity contribution < 1.29 is 8.78 Å². The summed E-state index contributed by atoms with van der Waals surface area (Å²) in [6.45, 7) is 4.33. The molecule has 19 heavy (non-hydrogen) atoms. The fourth-order valence-electron chi connectivity index (χ4n) is 1.45. The molecule has 104 valence electrons. The van der Waals surface area contributed by atoms with Gasteiger partial charge in [-0.3, -0.25) is 5.43 Å². The lowest BCUT2D eigenvalue weighted by molar-refractivity contribution is 0.578. The van der Waals surface area contributed by atoms with Gasteiger partial charge in [0.25, 0.3) is 0 Å². The van der Waals surface area contributed by atoms with E-state index >= 15 is 0 Å². The van der Waals surface area contributed by atoms with Gasteiger partial charge in [0.2, 0.25) is 0 Å². The van der Waals surface area contributed by atoms with Crippen LogP contribution >= 0.6 is 12.2 Å². The number of hydrazone groups is 1. The van der Waals surface area contributed by atoms with Crippen molar-refractivity contribution in [2.45, 2.75) is 26.7 Å². The fourth-order valence-corrected chi connectivity index (χ4v) is 1.60. The van der Waals surface area contributed by atoms with Crippen molar-refractivity contribution >= 4 is 23.0 Å². The van der Waals surface area contributed by atoms with E-state index in [4.69, 9.17) is 12.2 Å². The van der Waals surface area contributed by atoms with Crippen LogP contribution in [-0.4, -0.2) is 17.4 Å². The Labute approximate surface area is 117 Å². The van der Waals surface area contributed by atoms with Crippen LogP contribution in [0.3, 0.4) is 0 Å². The van der Waals surface area contributed by atoms with Crippen molar-refractivity contribution in [2.75, 3.05) is 6.54 Å². The summed E-state index contributed by atoms with van der Waals surface area (Å²) in [5.41, 5.74) is 2.63. The van der Waals surface area contributed by atoms with E-state index in [1.165, 1.54) is 25.1 Å². The molecule has 0 aliphatic carbocycles. The van der Waals surface area contributed by atoms with Crippen LogP contribution in [0.15, 0.2) is 23.3 Å². The molecule has 0 aromatic heterocycles. The lowest BCUT2D eigenvalue weighted by Gasteiger charge is -2.08. The Morgan fingerprint density at radius 2 is 1.95 bits per heavy atom. The minimum Gasteiger partial charge on any atom is -0.361 e. The molecule has 0 aliphatic rings. The summed E-state index contributed by atoms with van der Waals surface area (Å²) < 4.78 is 27.0. The van der Waals surface area contributed by atoms with Gasteiger partial charge in [0.15, 0.2) is 5.11 Å². The molecule has 6 heteroatoms. The molecule has 1 aromatic rings. The van der Waals surface area contributed by atoms with Gasteiger partial charge in [0, 0.05) is 6.54 Å². The largest absolute Gasteiger partial charge is 0.361 e. The van der Waals surface area contributed by atoms with E-state index in [9.17, 15) is 8.78 Å². The Balaban J connectivity index is 2.64. The summed E-state index contributed by atoms with van der Waals surface area (Å²) >= 11 is 4.98. The van der Waals surface area contributed by atoms with Gasteiger partial charge in [0.1, 0.15) is 11.6 Å². The highest BCUT2D eigenvalue weighted by molar-refractivity contribution is 7.80. The van der Waals surface area contributed by atoms with Gasteiger partial charge in [-0.15, -0.1) is 0 Å². The fraction of sp³-hybridized carbons (Fsp3) is 0.385. The lowest BCUT2D eigenvalue weighted by Crippen LogP contribution is -2.33. The monoisotopic (exact) mass is 285 g/mol. The predicted octanol–water partition coefficient (Wildman–Crippen LogP) is 2.95. The molecular formula is C13H17F2N3S. The maximum absolute atomic E-state index is 13.5. The summed E-state index contributed by atoms with van der Waals surface area (Å²) in [4.78, 5) is 0. The average molecular weight is 285 g/mol. The van der Waals surface area contributed by atoms with Gasteiger partial charge in [0.05, 0.1) is 11.3 Å². The first kappa shape index (κ1) is 15.5. The molecule has 0 radical (unpaired) electrons. The highest BCUT2D eigenvalue weighted by atomic mass is 32.1. The Morgan fingerprint density at radius 3 is 2.53 bits per heavy atom. The van der Waals surface area contributed by atoms with Crippen molar-refractivity contribution in [3.8, 4) is 0 Å². The summed E-state index contributed by atoms with van der Waals surface area (Å²) in [6.07, 6.45) is 2.05. The first-order valence-corrected chi connectivity index (χ1v) is 6.49. The molecule has 0 atom stereocenters. The molecule has 0 aliphatic heterocycles. The van der Waals surface area contributed by atoms with E-state index in [0.717, 1.165) is 19.4 Å². The average Bonchev–Trinajstić information content (AvgIpc) is 2.36. The highest BCUT2D eigenvalue weighted by Gasteiger charge is 2.11. The van der Waals surface area contributed by atoms with E-state index < -0.39 is 11.6 Å². The number of unbranched alkanes of at least 4 members (excludes halogenated alkanes) is 1. The van der Waals surface area contributed by atoms with Crippen LogP contribution in [0.1, 0.15) is 32.3 Å². The molecule has 0 saturated carbocycles. The van der Waals surface area contributed by atoms with E-state index in [2.05, 4.69) is 22.8 Å². The van der Waals surface area contributed by atoms with Crippen LogP contribution in [-0.2, 0) is 0 Å². The van der Waals surface area contributed by atoms with Crippen molar-refractivity contribution in [3.63, 3.8) is 0 Å². The topological polar surface area (TPSA) is 36.4 Å². The Kier molecular flexibility index (Phi) is 6.35. The zero-order chi connectivity index (χ0) is 14.3. The quantitative estimate of drug-likeness (QED) is 0.378. The summed E-state index contributed by atoms with van der Waals surface area (Å²) in [5.74, 6) is -1.29. The normalized spacial score (nSPS) is 11.3. The molecule has 0 spiro atoms. The second kappa shape index (κ2) is 7.78. The second-order valence-electron chi connectivity index (χ2n) is 4.02. The molecule has 2 N–H and O–H groups in total. The van der Waals surface area contributed by atoms with Crippen molar-refractivity contribution in [3.05, 3.63) is 35.4 Å². The molecule has 0 fully saturated rings. The van der Waals surface area contributed by atoms with Crippen LogP contribution in [0.25, 0.3) is 0 Å². The van der Waals surface area contributed by atoms with Crippen molar-refractivity contribution in [2.24, 2.45) is 5.10 Å². The summed E-state index contributed by atoms with van der Waals surface area (Å²) in [7, 11) is 0. The van der Waals surface area contributed by atoms with E-state index in [1.54, 1.807) is 0 Å². The van der Waals surface area contributed by atoms with E-state index in [1.807, 2.05) is 0 Å². The Morgan fingerprint density at radius 1 is 1.32 bits per heavy atom. The van der Waals surface area contributed by atoms with E-state index in [-0.39, 0.29) is 11.3 Å². The molecular weight excluding hydrogens is 268 g/mol. The zero-order valence-corrected chi connectivity index (χ0v) is 11.8. The third-order valence-electron chi connectivity index (χ3n) is 2.47. The van der Waals surface area contributed by atoms with Crippen molar-refractivity contribution in [1.29, 1.82) is 0 Å². The smallest absolute Gasteiger partial charge is 0.186 e. The number of thiocarbonyl (C=S) groups is 1. The number of benzene rings is 1. The van der Waals surface area contributed by atoms with Crippen LogP contribution in [0, 0.1) is 11.6 Å². The number of nitrogens with one attached hydrogen (secondary N) is 2. The van der Waals surface area contributed by atoms with Gasteiger partial charge in [-0.1, -0.05) is 19.4 Å². The summed E-state index contributed by atoms with van der Waals surface area (Å²) in [6, 6.07) is 3.69. The standard InChI is InChI=1S/C13H17F2N3S/c1-3-4-8-16-13(19)18-17-9(2)12-10(14)6-5-7-11(12)15/h5-7H,3-4,8H2,1-2H3,(H2,16,18,19)/b17-9-. The van der Waals surface area contributed by atoms with Crippen molar-refractivity contribution in [1.82, 2.24) is 10.7 Å². The molecule has 0 heterocycles. The number of nitrogens with zero attached hydrogens (tertiary/aromatic N) is 1. The molecule has 0 bridgehead atoms. The maximum atomic E-state index is 13.5. The van der Waals surface area contributed by atoms with Gasteiger partial charge < -0.3 is 5.32 Å². The molecule has 3 nitrogen and oxygen atoms in total. The predicted molar refractivity (Wildman–Crippen MR) is 77.2 cm³/mol. The molecule has 0 amide bonds. The third-order valence-corrected chi connectivity index (χ3v) is 2.70. The van der Waals surface area contributed by atoms with Gasteiger partial charge >= 0.3 is 0 Å². The first-order chi connectivity index (χ1) is 9.06. The Hall–Kier alpha value is -1.56.